The van der Waals surface area contributed by atoms with Crippen LogP contribution in [0.5, 0.6) is 0 Å². The Kier molecular flexibility index (Phi) is 4.07. The molecule has 1 aromatic carbocycles. The van der Waals surface area contributed by atoms with Gasteiger partial charge in [0.25, 0.3) is 0 Å². The van der Waals surface area contributed by atoms with E-state index in [-0.39, 0.29) is 5.96 Å². The lowest BCUT2D eigenvalue weighted by Crippen LogP contribution is -2.27. The summed E-state index contributed by atoms with van der Waals surface area (Å²) in [6.07, 6.45) is 0.831. The van der Waals surface area contributed by atoms with Gasteiger partial charge in [-0.2, -0.15) is 0 Å². The molecule has 0 aromatic heterocycles. The SMILES string of the molecule is NC(N)=NNCCc1cccc(Cl)c1. The van der Waals surface area contributed by atoms with Gasteiger partial charge in [-0.15, -0.1) is 5.10 Å². The molecule has 0 bridgehead atoms. The molecule has 1 aromatic rings. The van der Waals surface area contributed by atoms with Crippen LogP contribution in [0.15, 0.2) is 29.4 Å². The maximum Gasteiger partial charge on any atom is 0.208 e. The Balaban J connectivity index is 2.35. The van der Waals surface area contributed by atoms with Gasteiger partial charge < -0.3 is 16.9 Å². The van der Waals surface area contributed by atoms with Crippen LogP contribution in [-0.4, -0.2) is 12.5 Å². The van der Waals surface area contributed by atoms with E-state index in [0.29, 0.717) is 6.54 Å². The first kappa shape index (κ1) is 10.7. The molecule has 0 radical (unpaired) electrons. The number of halogens is 1. The Bertz CT molecular complexity index is 320. The fourth-order valence-electron chi connectivity index (χ4n) is 1.04. The predicted octanol–water partition coefficient (Wildman–Crippen LogP) is 0.661. The van der Waals surface area contributed by atoms with Crippen molar-refractivity contribution in [3.63, 3.8) is 0 Å². The lowest BCUT2D eigenvalue weighted by atomic mass is 10.1. The molecule has 0 amide bonds. The summed E-state index contributed by atoms with van der Waals surface area (Å²) < 4.78 is 0. The molecule has 0 aliphatic heterocycles. The molecule has 0 unspecified atom stereocenters. The normalized spacial score (nSPS) is 9.50. The third-order valence-electron chi connectivity index (χ3n) is 1.62. The van der Waals surface area contributed by atoms with Gasteiger partial charge in [0.1, 0.15) is 0 Å². The third-order valence-corrected chi connectivity index (χ3v) is 1.86. The highest BCUT2D eigenvalue weighted by Gasteiger charge is 1.93. The summed E-state index contributed by atoms with van der Waals surface area (Å²) in [6, 6.07) is 7.68. The van der Waals surface area contributed by atoms with Gasteiger partial charge in [-0.25, -0.2) is 0 Å². The number of nitrogens with one attached hydrogen (secondary N) is 1. The highest BCUT2D eigenvalue weighted by atomic mass is 35.5. The summed E-state index contributed by atoms with van der Waals surface area (Å²) >= 11 is 5.82. The molecule has 0 aliphatic rings. The Morgan fingerprint density at radius 2 is 2.21 bits per heavy atom. The number of rotatable bonds is 4. The zero-order valence-electron chi connectivity index (χ0n) is 7.70. The summed E-state index contributed by atoms with van der Waals surface area (Å²) in [5.41, 5.74) is 14.2. The van der Waals surface area contributed by atoms with Crippen molar-refractivity contribution < 1.29 is 0 Å². The number of hydrazone groups is 1. The molecule has 0 saturated carbocycles. The van der Waals surface area contributed by atoms with Gasteiger partial charge in [0.2, 0.25) is 5.96 Å². The fraction of sp³-hybridized carbons (Fsp3) is 0.222. The van der Waals surface area contributed by atoms with E-state index >= 15 is 0 Å². The minimum Gasteiger partial charge on any atom is -0.369 e. The van der Waals surface area contributed by atoms with Gasteiger partial charge in [-0.05, 0) is 24.1 Å². The summed E-state index contributed by atoms with van der Waals surface area (Å²) in [5, 5.41) is 4.39. The van der Waals surface area contributed by atoms with E-state index in [0.717, 1.165) is 17.0 Å². The maximum absolute atomic E-state index is 5.82. The van der Waals surface area contributed by atoms with Gasteiger partial charge in [-0.1, -0.05) is 23.7 Å². The molecule has 4 nitrogen and oxygen atoms in total. The number of hydrogen-bond acceptors (Lipinski definition) is 2. The summed E-state index contributed by atoms with van der Waals surface area (Å²) in [6.45, 7) is 0.679. The Morgan fingerprint density at radius 1 is 1.43 bits per heavy atom. The van der Waals surface area contributed by atoms with E-state index in [2.05, 4.69) is 10.5 Å². The Morgan fingerprint density at radius 3 is 2.86 bits per heavy atom. The van der Waals surface area contributed by atoms with Crippen molar-refractivity contribution in [1.82, 2.24) is 5.43 Å². The standard InChI is InChI=1S/C9H13ClN4/c10-8-3-1-2-7(6-8)4-5-13-14-9(11)12/h1-3,6,13H,4-5H2,(H4,11,12,14). The Labute approximate surface area is 87.9 Å². The zero-order chi connectivity index (χ0) is 10.4. The lowest BCUT2D eigenvalue weighted by Gasteiger charge is -2.01. The van der Waals surface area contributed by atoms with E-state index in [4.69, 9.17) is 23.1 Å². The molecule has 5 N–H and O–H groups in total. The molecule has 0 heterocycles. The van der Waals surface area contributed by atoms with Crippen molar-refractivity contribution in [2.45, 2.75) is 6.42 Å². The minimum atomic E-state index is 0.0381. The number of hydrogen-bond donors (Lipinski definition) is 3. The van der Waals surface area contributed by atoms with Crippen LogP contribution in [0, 0.1) is 0 Å². The van der Waals surface area contributed by atoms with Crippen molar-refractivity contribution >= 4 is 17.6 Å². The van der Waals surface area contributed by atoms with Crippen molar-refractivity contribution in [3.8, 4) is 0 Å². The van der Waals surface area contributed by atoms with Crippen molar-refractivity contribution in [2.75, 3.05) is 6.54 Å². The monoisotopic (exact) mass is 212 g/mol. The van der Waals surface area contributed by atoms with Crippen LogP contribution in [0.25, 0.3) is 0 Å². The van der Waals surface area contributed by atoms with Crippen LogP contribution >= 0.6 is 11.6 Å². The average molecular weight is 213 g/mol. The van der Waals surface area contributed by atoms with Crippen LogP contribution < -0.4 is 16.9 Å². The second kappa shape index (κ2) is 5.34. The molecule has 0 saturated heterocycles. The maximum atomic E-state index is 5.82. The van der Waals surface area contributed by atoms with E-state index in [1.54, 1.807) is 0 Å². The fourth-order valence-corrected chi connectivity index (χ4v) is 1.25. The molecule has 0 aliphatic carbocycles. The Hall–Kier alpha value is -1.42. The van der Waals surface area contributed by atoms with Crippen LogP contribution in [-0.2, 0) is 6.42 Å². The summed E-state index contributed by atoms with van der Waals surface area (Å²) in [7, 11) is 0. The lowest BCUT2D eigenvalue weighted by molar-refractivity contribution is 0.728. The van der Waals surface area contributed by atoms with E-state index in [1.165, 1.54) is 0 Å². The van der Waals surface area contributed by atoms with Crippen LogP contribution in [0.4, 0.5) is 0 Å². The number of guanidine groups is 1. The predicted molar refractivity (Wildman–Crippen MR) is 59.0 cm³/mol. The first-order valence-corrected chi connectivity index (χ1v) is 4.62. The molecular formula is C9H13ClN4. The zero-order valence-corrected chi connectivity index (χ0v) is 8.46. The molecule has 0 fully saturated rings. The highest BCUT2D eigenvalue weighted by molar-refractivity contribution is 6.30. The highest BCUT2D eigenvalue weighted by Crippen LogP contribution is 2.10. The number of benzene rings is 1. The molecule has 1 rings (SSSR count). The third kappa shape index (κ3) is 4.00. The molecule has 14 heavy (non-hydrogen) atoms. The van der Waals surface area contributed by atoms with E-state index < -0.39 is 0 Å². The van der Waals surface area contributed by atoms with Crippen molar-refractivity contribution in [1.29, 1.82) is 0 Å². The van der Waals surface area contributed by atoms with Gasteiger partial charge in [0.05, 0.1) is 0 Å². The van der Waals surface area contributed by atoms with Gasteiger partial charge >= 0.3 is 0 Å². The summed E-state index contributed by atoms with van der Waals surface area (Å²) in [4.78, 5) is 0. The smallest absolute Gasteiger partial charge is 0.208 e. The summed E-state index contributed by atoms with van der Waals surface area (Å²) in [5.74, 6) is 0.0381. The van der Waals surface area contributed by atoms with Crippen molar-refractivity contribution in [2.24, 2.45) is 16.6 Å². The van der Waals surface area contributed by atoms with Crippen LogP contribution in [0.1, 0.15) is 5.56 Å². The molecule has 0 spiro atoms. The average Bonchev–Trinajstić information content (AvgIpc) is 2.12. The van der Waals surface area contributed by atoms with E-state index in [1.807, 2.05) is 24.3 Å². The largest absolute Gasteiger partial charge is 0.369 e. The second-order valence-corrected chi connectivity index (χ2v) is 3.26. The van der Waals surface area contributed by atoms with Crippen LogP contribution in [0.3, 0.4) is 0 Å². The van der Waals surface area contributed by atoms with E-state index in [9.17, 15) is 0 Å². The second-order valence-electron chi connectivity index (χ2n) is 2.82. The molecule has 0 atom stereocenters. The van der Waals surface area contributed by atoms with Crippen LogP contribution in [0.2, 0.25) is 5.02 Å². The first-order valence-electron chi connectivity index (χ1n) is 4.24. The number of nitrogens with zero attached hydrogens (tertiary/aromatic N) is 1. The number of nitrogens with two attached hydrogens (primary N) is 2. The molecule has 76 valence electrons. The van der Waals surface area contributed by atoms with Gasteiger partial charge in [0.15, 0.2) is 0 Å². The molecule has 5 heteroatoms. The molecular weight excluding hydrogens is 200 g/mol. The van der Waals surface area contributed by atoms with Gasteiger partial charge in [0, 0.05) is 11.6 Å². The van der Waals surface area contributed by atoms with Gasteiger partial charge in [-0.3, -0.25) is 0 Å². The van der Waals surface area contributed by atoms with Crippen molar-refractivity contribution in [3.05, 3.63) is 34.9 Å². The quantitative estimate of drug-likeness (QED) is 0.297. The minimum absolute atomic E-state index is 0.0381. The topological polar surface area (TPSA) is 76.4 Å². The first-order chi connectivity index (χ1) is 6.68.